The van der Waals surface area contributed by atoms with Crippen LogP contribution in [0.5, 0.6) is 0 Å². The quantitative estimate of drug-likeness (QED) is 0.509. The van der Waals surface area contributed by atoms with Crippen LogP contribution in [0.1, 0.15) is 0 Å². The highest BCUT2D eigenvalue weighted by atomic mass is 16.2. The number of rotatable bonds is 0. The number of amides is 1. The van der Waals surface area contributed by atoms with E-state index in [1.165, 1.54) is 18.5 Å². The summed E-state index contributed by atoms with van der Waals surface area (Å²) in [6.07, 6.45) is 2.55. The number of carbonyl (C=O) groups is 1. The maximum Gasteiger partial charge on any atom is 0.355 e. The summed E-state index contributed by atoms with van der Waals surface area (Å²) in [5, 5.41) is 0. The fourth-order valence-electron chi connectivity index (χ4n) is 0.525. The summed E-state index contributed by atoms with van der Waals surface area (Å²) < 4.78 is 0.722. The molecule has 0 atom stereocenters. The van der Waals surface area contributed by atoms with Crippen LogP contribution in [0.3, 0.4) is 0 Å². The molecule has 0 unspecified atom stereocenters. The van der Waals surface area contributed by atoms with E-state index in [0.717, 1.165) is 4.57 Å². The number of primary amides is 1. The van der Waals surface area contributed by atoms with Crippen molar-refractivity contribution in [2.45, 2.75) is 0 Å². The molecule has 1 rings (SSSR count). The molecule has 52 valence electrons. The minimum absolute atomic E-state index is 0.657. The number of hydrogen-bond acceptors (Lipinski definition) is 3. The highest BCUT2D eigenvalue weighted by molar-refractivity contribution is 5.74. The van der Waals surface area contributed by atoms with Crippen molar-refractivity contribution in [3.05, 3.63) is 28.9 Å². The Bertz CT molecular complexity index is 304. The van der Waals surface area contributed by atoms with Gasteiger partial charge in [-0.3, -0.25) is 0 Å². The van der Waals surface area contributed by atoms with Gasteiger partial charge in [-0.1, -0.05) is 0 Å². The van der Waals surface area contributed by atoms with Crippen molar-refractivity contribution in [3.63, 3.8) is 0 Å². The summed E-state index contributed by atoms with van der Waals surface area (Å²) in [5.74, 6) is 0. The molecule has 0 bridgehead atoms. The van der Waals surface area contributed by atoms with Crippen LogP contribution in [0, 0.1) is 0 Å². The van der Waals surface area contributed by atoms with Crippen LogP contribution in [-0.4, -0.2) is 15.6 Å². The highest BCUT2D eigenvalue weighted by Crippen LogP contribution is 1.74. The van der Waals surface area contributed by atoms with Crippen LogP contribution < -0.4 is 11.4 Å². The van der Waals surface area contributed by atoms with Crippen LogP contribution in [0.2, 0.25) is 0 Å². The average molecular weight is 139 g/mol. The molecule has 1 aromatic rings. The Kier molecular flexibility index (Phi) is 1.49. The van der Waals surface area contributed by atoms with Gasteiger partial charge >= 0.3 is 11.7 Å². The summed E-state index contributed by atoms with van der Waals surface area (Å²) >= 11 is 0. The Labute approximate surface area is 56.1 Å². The Hall–Kier alpha value is -1.65. The van der Waals surface area contributed by atoms with Crippen LogP contribution in [0.15, 0.2) is 23.3 Å². The predicted molar refractivity (Wildman–Crippen MR) is 33.5 cm³/mol. The first-order chi connectivity index (χ1) is 4.72. The first-order valence-corrected chi connectivity index (χ1v) is 2.55. The van der Waals surface area contributed by atoms with E-state index in [2.05, 4.69) is 4.98 Å². The summed E-state index contributed by atoms with van der Waals surface area (Å²) in [6.45, 7) is 0. The van der Waals surface area contributed by atoms with E-state index in [-0.39, 0.29) is 0 Å². The smallest absolute Gasteiger partial charge is 0.351 e. The summed E-state index contributed by atoms with van der Waals surface area (Å²) in [6, 6.07) is 0.629. The molecule has 5 nitrogen and oxygen atoms in total. The standard InChI is InChI=1S/C5H5N3O2/c6-4(9)8-3-1-2-7-5(8)10/h1-3H,(H2,6,9). The summed E-state index contributed by atoms with van der Waals surface area (Å²) in [5.41, 5.74) is 4.14. The molecule has 0 aromatic carbocycles. The Morgan fingerprint density at radius 3 is 2.80 bits per heavy atom. The lowest BCUT2D eigenvalue weighted by Crippen LogP contribution is -2.32. The fraction of sp³-hybridized carbons (Fsp3) is 0. The summed E-state index contributed by atoms with van der Waals surface area (Å²) in [4.78, 5) is 24.3. The van der Waals surface area contributed by atoms with Crippen molar-refractivity contribution in [1.29, 1.82) is 0 Å². The molecule has 1 heterocycles. The highest BCUT2D eigenvalue weighted by Gasteiger charge is 1.97. The molecule has 0 fully saturated rings. The first kappa shape index (κ1) is 6.47. The van der Waals surface area contributed by atoms with Gasteiger partial charge < -0.3 is 5.73 Å². The molecule has 0 radical (unpaired) electrons. The van der Waals surface area contributed by atoms with Crippen molar-refractivity contribution in [2.75, 3.05) is 0 Å². The summed E-state index contributed by atoms with van der Waals surface area (Å²) in [7, 11) is 0. The van der Waals surface area contributed by atoms with Crippen molar-refractivity contribution in [1.82, 2.24) is 9.55 Å². The van der Waals surface area contributed by atoms with Gasteiger partial charge in [0.2, 0.25) is 0 Å². The van der Waals surface area contributed by atoms with E-state index in [9.17, 15) is 9.59 Å². The molecule has 10 heavy (non-hydrogen) atoms. The Morgan fingerprint density at radius 2 is 2.40 bits per heavy atom. The second-order valence-electron chi connectivity index (χ2n) is 1.61. The number of nitrogens with two attached hydrogens (primary N) is 1. The van der Waals surface area contributed by atoms with Crippen molar-refractivity contribution in [3.8, 4) is 0 Å². The van der Waals surface area contributed by atoms with Crippen LogP contribution in [-0.2, 0) is 0 Å². The minimum Gasteiger partial charge on any atom is -0.351 e. The lowest BCUT2D eigenvalue weighted by atomic mass is 10.6. The molecule has 0 saturated carbocycles. The Morgan fingerprint density at radius 1 is 1.70 bits per heavy atom. The third kappa shape index (κ3) is 1.02. The zero-order chi connectivity index (χ0) is 7.56. The maximum absolute atomic E-state index is 10.6. The number of nitrogens with zero attached hydrogens (tertiary/aromatic N) is 2. The van der Waals surface area contributed by atoms with Gasteiger partial charge in [-0.05, 0) is 6.07 Å². The van der Waals surface area contributed by atoms with Crippen molar-refractivity contribution >= 4 is 6.03 Å². The lowest BCUT2D eigenvalue weighted by molar-refractivity contribution is 0.249. The second kappa shape index (κ2) is 2.30. The number of aromatic nitrogens is 2. The zero-order valence-electron chi connectivity index (χ0n) is 5.02. The van der Waals surface area contributed by atoms with Gasteiger partial charge in [0, 0.05) is 12.4 Å². The van der Waals surface area contributed by atoms with E-state index >= 15 is 0 Å². The largest absolute Gasteiger partial charge is 0.355 e. The van der Waals surface area contributed by atoms with E-state index in [4.69, 9.17) is 5.73 Å². The van der Waals surface area contributed by atoms with Gasteiger partial charge in [0.25, 0.3) is 0 Å². The van der Waals surface area contributed by atoms with Crippen LogP contribution >= 0.6 is 0 Å². The van der Waals surface area contributed by atoms with Crippen molar-refractivity contribution < 1.29 is 4.79 Å². The van der Waals surface area contributed by atoms with E-state index < -0.39 is 11.7 Å². The SMILES string of the molecule is NC(=O)n1cccnc1=O. The molecular formula is C5H5N3O2. The topological polar surface area (TPSA) is 78.0 Å². The van der Waals surface area contributed by atoms with E-state index in [1.54, 1.807) is 0 Å². The average Bonchev–Trinajstić information content (AvgIpc) is 1.88. The third-order valence-corrected chi connectivity index (χ3v) is 0.950. The van der Waals surface area contributed by atoms with Crippen molar-refractivity contribution in [2.24, 2.45) is 5.73 Å². The number of carbonyl (C=O) groups excluding carboxylic acids is 1. The van der Waals surface area contributed by atoms with E-state index in [0.29, 0.717) is 0 Å². The molecule has 2 N–H and O–H groups in total. The van der Waals surface area contributed by atoms with Gasteiger partial charge in [0.1, 0.15) is 0 Å². The maximum atomic E-state index is 10.6. The third-order valence-electron chi connectivity index (χ3n) is 0.950. The number of hydrogen-bond donors (Lipinski definition) is 1. The fourth-order valence-corrected chi connectivity index (χ4v) is 0.525. The Balaban J connectivity index is 3.29. The molecular weight excluding hydrogens is 134 g/mol. The second-order valence-corrected chi connectivity index (χ2v) is 1.61. The molecule has 5 heteroatoms. The monoisotopic (exact) mass is 139 g/mol. The molecule has 1 amide bonds. The minimum atomic E-state index is -0.821. The molecule has 0 saturated heterocycles. The normalized spacial score (nSPS) is 9.20. The van der Waals surface area contributed by atoms with Gasteiger partial charge in [0.15, 0.2) is 0 Å². The van der Waals surface area contributed by atoms with Gasteiger partial charge in [-0.25, -0.2) is 19.1 Å². The van der Waals surface area contributed by atoms with Gasteiger partial charge in [-0.2, -0.15) is 0 Å². The molecule has 0 spiro atoms. The lowest BCUT2D eigenvalue weighted by Gasteiger charge is -1.93. The molecule has 0 aliphatic heterocycles. The molecule has 0 aliphatic rings. The molecule has 1 aromatic heterocycles. The zero-order valence-corrected chi connectivity index (χ0v) is 5.02. The first-order valence-electron chi connectivity index (χ1n) is 2.55. The van der Waals surface area contributed by atoms with Gasteiger partial charge in [-0.15, -0.1) is 0 Å². The van der Waals surface area contributed by atoms with Crippen LogP contribution in [0.25, 0.3) is 0 Å². The predicted octanol–water partition coefficient (Wildman–Crippen LogP) is -0.830. The molecule has 0 aliphatic carbocycles. The van der Waals surface area contributed by atoms with Crippen LogP contribution in [0.4, 0.5) is 4.79 Å². The van der Waals surface area contributed by atoms with Gasteiger partial charge in [0.05, 0.1) is 0 Å². The van der Waals surface area contributed by atoms with E-state index in [1.807, 2.05) is 0 Å².